The Morgan fingerprint density at radius 1 is 1.35 bits per heavy atom. The third kappa shape index (κ3) is 6.44. The lowest BCUT2D eigenvalue weighted by Crippen LogP contribution is -2.37. The van der Waals surface area contributed by atoms with Gasteiger partial charge in [0.25, 0.3) is 0 Å². The van der Waals surface area contributed by atoms with Crippen molar-refractivity contribution in [2.75, 3.05) is 36.5 Å². The molecule has 0 unspecified atom stereocenters. The minimum absolute atomic E-state index is 0.159. The Labute approximate surface area is 195 Å². The second-order valence-electron chi connectivity index (χ2n) is 8.02. The topological polar surface area (TPSA) is 85.8 Å². The highest BCUT2D eigenvalue weighted by Gasteiger charge is 2.21. The first-order chi connectivity index (χ1) is 14.6. The molecule has 0 spiro atoms. The van der Waals surface area contributed by atoms with Gasteiger partial charge in [-0.2, -0.15) is 0 Å². The SMILES string of the molecule is Cc1nc(Br)cc(NC(=O)OC(C)(C)C)c1OCc1c(N2CCOCC2)ccnc1Cl. The number of carbonyl (C=O) groups excluding carboxylic acids is 1. The number of ether oxygens (including phenoxy) is 3. The number of hydrogen-bond donors (Lipinski definition) is 1. The summed E-state index contributed by atoms with van der Waals surface area (Å²) in [5.74, 6) is 0.432. The highest BCUT2D eigenvalue weighted by atomic mass is 79.9. The number of morpholine rings is 1. The first kappa shape index (κ1) is 23.6. The van der Waals surface area contributed by atoms with Crippen LogP contribution in [-0.4, -0.2) is 48.0 Å². The van der Waals surface area contributed by atoms with Crippen molar-refractivity contribution in [1.82, 2.24) is 9.97 Å². The molecule has 1 saturated heterocycles. The van der Waals surface area contributed by atoms with Gasteiger partial charge in [-0.15, -0.1) is 0 Å². The second kappa shape index (κ2) is 10.0. The van der Waals surface area contributed by atoms with E-state index in [1.54, 1.807) is 40.0 Å². The zero-order chi connectivity index (χ0) is 22.6. The molecule has 2 aromatic heterocycles. The van der Waals surface area contributed by atoms with Crippen LogP contribution in [0.4, 0.5) is 16.2 Å². The predicted molar refractivity (Wildman–Crippen MR) is 123 cm³/mol. The number of nitrogens with one attached hydrogen (secondary N) is 1. The lowest BCUT2D eigenvalue weighted by molar-refractivity contribution is 0.0635. The van der Waals surface area contributed by atoms with Crippen LogP contribution in [-0.2, 0) is 16.1 Å². The molecule has 0 aromatic carbocycles. The van der Waals surface area contributed by atoms with Crippen LogP contribution >= 0.6 is 27.5 Å². The number of pyridine rings is 2. The van der Waals surface area contributed by atoms with E-state index < -0.39 is 11.7 Å². The van der Waals surface area contributed by atoms with E-state index in [0.717, 1.165) is 24.3 Å². The van der Waals surface area contributed by atoms with Crippen LogP contribution in [0.5, 0.6) is 5.75 Å². The smallest absolute Gasteiger partial charge is 0.412 e. The van der Waals surface area contributed by atoms with Crippen molar-refractivity contribution >= 4 is 45.0 Å². The first-order valence-corrected chi connectivity index (χ1v) is 11.1. The molecule has 3 heterocycles. The highest BCUT2D eigenvalue weighted by molar-refractivity contribution is 9.10. The van der Waals surface area contributed by atoms with Gasteiger partial charge in [0.05, 0.1) is 30.2 Å². The molecular formula is C21H26BrClN4O4. The number of carbonyl (C=O) groups is 1. The third-order valence-corrected chi connectivity index (χ3v) is 5.17. The van der Waals surface area contributed by atoms with E-state index in [1.807, 2.05) is 6.07 Å². The van der Waals surface area contributed by atoms with Gasteiger partial charge in [0, 0.05) is 25.0 Å². The minimum atomic E-state index is -0.624. The molecule has 31 heavy (non-hydrogen) atoms. The molecule has 1 fully saturated rings. The maximum atomic E-state index is 12.3. The maximum Gasteiger partial charge on any atom is 0.412 e. The van der Waals surface area contributed by atoms with Crippen molar-refractivity contribution in [2.24, 2.45) is 0 Å². The normalized spacial score (nSPS) is 14.3. The Kier molecular flexibility index (Phi) is 7.61. The number of rotatable bonds is 5. The summed E-state index contributed by atoms with van der Waals surface area (Å²) in [6.07, 6.45) is 1.10. The van der Waals surface area contributed by atoms with Crippen LogP contribution < -0.4 is 15.0 Å². The van der Waals surface area contributed by atoms with E-state index in [0.29, 0.717) is 40.1 Å². The number of halogens is 2. The first-order valence-electron chi connectivity index (χ1n) is 9.90. The number of hydrogen-bond acceptors (Lipinski definition) is 7. The predicted octanol–water partition coefficient (Wildman–Crippen LogP) is 4.96. The molecule has 10 heteroatoms. The Bertz CT molecular complexity index is 946. The third-order valence-electron chi connectivity index (χ3n) is 4.44. The van der Waals surface area contributed by atoms with Crippen LogP contribution in [0.1, 0.15) is 32.0 Å². The average Bonchev–Trinajstić information content (AvgIpc) is 2.67. The van der Waals surface area contributed by atoms with Crippen molar-refractivity contribution in [1.29, 1.82) is 0 Å². The van der Waals surface area contributed by atoms with E-state index in [2.05, 4.69) is 36.1 Å². The Hall–Kier alpha value is -2.10. The molecule has 0 aliphatic carbocycles. The van der Waals surface area contributed by atoms with E-state index in [1.165, 1.54) is 0 Å². The summed E-state index contributed by atoms with van der Waals surface area (Å²) >= 11 is 9.78. The molecular weight excluding hydrogens is 488 g/mol. The maximum absolute atomic E-state index is 12.3. The Morgan fingerprint density at radius 2 is 2.06 bits per heavy atom. The molecule has 1 N–H and O–H groups in total. The van der Waals surface area contributed by atoms with E-state index in [-0.39, 0.29) is 6.61 Å². The molecule has 0 atom stereocenters. The zero-order valence-corrected chi connectivity index (χ0v) is 20.3. The van der Waals surface area contributed by atoms with E-state index >= 15 is 0 Å². The van der Waals surface area contributed by atoms with Gasteiger partial charge in [0.1, 0.15) is 22.0 Å². The van der Waals surface area contributed by atoms with Gasteiger partial charge >= 0.3 is 6.09 Å². The zero-order valence-electron chi connectivity index (χ0n) is 18.0. The highest BCUT2D eigenvalue weighted by Crippen LogP contribution is 2.34. The van der Waals surface area contributed by atoms with Crippen LogP contribution in [0.25, 0.3) is 0 Å². The quantitative estimate of drug-likeness (QED) is 0.565. The van der Waals surface area contributed by atoms with Crippen molar-refractivity contribution < 1.29 is 19.0 Å². The van der Waals surface area contributed by atoms with Gasteiger partial charge in [-0.05, 0) is 55.8 Å². The minimum Gasteiger partial charge on any atom is -0.485 e. The van der Waals surface area contributed by atoms with Crippen LogP contribution in [0.2, 0.25) is 5.15 Å². The molecule has 168 valence electrons. The number of nitrogens with zero attached hydrogens (tertiary/aromatic N) is 3. The molecule has 2 aromatic rings. The lowest BCUT2D eigenvalue weighted by atomic mass is 10.2. The molecule has 0 radical (unpaired) electrons. The number of anilines is 2. The summed E-state index contributed by atoms with van der Waals surface area (Å²) in [4.78, 5) is 23.1. The number of amides is 1. The summed E-state index contributed by atoms with van der Waals surface area (Å²) in [5.41, 5.74) is 2.14. The fourth-order valence-corrected chi connectivity index (χ4v) is 3.85. The summed E-state index contributed by atoms with van der Waals surface area (Å²) in [5, 5.41) is 3.11. The largest absolute Gasteiger partial charge is 0.485 e. The summed E-state index contributed by atoms with van der Waals surface area (Å²) < 4.78 is 17.5. The fourth-order valence-electron chi connectivity index (χ4n) is 3.15. The standard InChI is InChI=1S/C21H26BrClN4O4/c1-13-18(15(11-17(22)25-13)26-20(28)31-21(2,3)4)30-12-14-16(5-6-24-19(14)23)27-7-9-29-10-8-27/h5-6,11H,7-10,12H2,1-4H3,(H,25,26,28). The van der Waals surface area contributed by atoms with Crippen molar-refractivity contribution in [3.8, 4) is 5.75 Å². The summed E-state index contributed by atoms with van der Waals surface area (Å²) in [7, 11) is 0. The average molecular weight is 514 g/mol. The fraction of sp³-hybridized carbons (Fsp3) is 0.476. The number of aryl methyl sites for hydroxylation is 1. The molecule has 1 aliphatic rings. The molecule has 1 amide bonds. The van der Waals surface area contributed by atoms with Gasteiger partial charge in [0.15, 0.2) is 5.75 Å². The monoisotopic (exact) mass is 512 g/mol. The lowest BCUT2D eigenvalue weighted by Gasteiger charge is -2.30. The van der Waals surface area contributed by atoms with Crippen LogP contribution in [0.3, 0.4) is 0 Å². The Balaban J connectivity index is 1.84. The van der Waals surface area contributed by atoms with Crippen molar-refractivity contribution in [3.05, 3.63) is 39.3 Å². The molecule has 0 bridgehead atoms. The summed E-state index contributed by atoms with van der Waals surface area (Å²) in [6.45, 7) is 10.2. The van der Waals surface area contributed by atoms with Crippen molar-refractivity contribution in [2.45, 2.75) is 39.9 Å². The molecule has 1 aliphatic heterocycles. The molecule has 0 saturated carbocycles. The van der Waals surface area contributed by atoms with Crippen LogP contribution in [0, 0.1) is 6.92 Å². The Morgan fingerprint density at radius 3 is 2.74 bits per heavy atom. The van der Waals surface area contributed by atoms with Gasteiger partial charge in [-0.3, -0.25) is 5.32 Å². The van der Waals surface area contributed by atoms with E-state index in [4.69, 9.17) is 25.8 Å². The van der Waals surface area contributed by atoms with Crippen molar-refractivity contribution in [3.63, 3.8) is 0 Å². The van der Waals surface area contributed by atoms with E-state index in [9.17, 15) is 4.79 Å². The van der Waals surface area contributed by atoms with Gasteiger partial charge in [-0.25, -0.2) is 14.8 Å². The van der Waals surface area contributed by atoms with Gasteiger partial charge in [0.2, 0.25) is 0 Å². The second-order valence-corrected chi connectivity index (χ2v) is 9.19. The van der Waals surface area contributed by atoms with Gasteiger partial charge < -0.3 is 19.1 Å². The number of aromatic nitrogens is 2. The van der Waals surface area contributed by atoms with Crippen LogP contribution in [0.15, 0.2) is 22.9 Å². The molecule has 3 rings (SSSR count). The van der Waals surface area contributed by atoms with Gasteiger partial charge in [-0.1, -0.05) is 11.6 Å². The molecule has 8 nitrogen and oxygen atoms in total. The summed E-state index contributed by atoms with van der Waals surface area (Å²) in [6, 6.07) is 3.59.